The molecule has 0 saturated carbocycles. The first-order valence-corrected chi connectivity index (χ1v) is 11.6. The second-order valence-electron chi connectivity index (χ2n) is 8.49. The van der Waals surface area contributed by atoms with Gasteiger partial charge in [0.15, 0.2) is 0 Å². The van der Waals surface area contributed by atoms with Gasteiger partial charge < -0.3 is 15.5 Å². The maximum absolute atomic E-state index is 13.0. The zero-order valence-corrected chi connectivity index (χ0v) is 19.1. The number of pyridine rings is 2. The van der Waals surface area contributed by atoms with Crippen LogP contribution in [0.2, 0.25) is 0 Å². The van der Waals surface area contributed by atoms with Gasteiger partial charge in [0.25, 0.3) is 5.91 Å². The first-order chi connectivity index (χ1) is 17.2. The molecule has 0 atom stereocenters. The third-order valence-corrected chi connectivity index (χ3v) is 6.25. The quantitative estimate of drug-likeness (QED) is 0.482. The van der Waals surface area contributed by atoms with Crippen LogP contribution in [0.15, 0.2) is 84.1 Å². The number of benzene rings is 1. The number of carbonyl (C=O) groups excluding carboxylic acids is 1. The average molecular weight is 465 g/mol. The molecule has 35 heavy (non-hydrogen) atoms. The van der Waals surface area contributed by atoms with Crippen molar-refractivity contribution in [3.63, 3.8) is 0 Å². The SMILES string of the molecule is O=C(Nc1cnccc1N1CCNCC1)C1=CCC(n2cc(-c3ccc4ncccc4c3)cn2)=N1. The van der Waals surface area contributed by atoms with Gasteiger partial charge in [-0.2, -0.15) is 5.10 Å². The van der Waals surface area contributed by atoms with Crippen molar-refractivity contribution < 1.29 is 4.79 Å². The Labute approximate surface area is 202 Å². The summed E-state index contributed by atoms with van der Waals surface area (Å²) in [7, 11) is 0. The first kappa shape index (κ1) is 21.2. The molecule has 0 radical (unpaired) electrons. The average Bonchev–Trinajstić information content (AvgIpc) is 3.60. The van der Waals surface area contributed by atoms with Crippen LogP contribution < -0.4 is 15.5 Å². The zero-order valence-electron chi connectivity index (χ0n) is 19.1. The van der Waals surface area contributed by atoms with Gasteiger partial charge in [-0.3, -0.25) is 14.8 Å². The first-order valence-electron chi connectivity index (χ1n) is 11.6. The highest BCUT2D eigenvalue weighted by molar-refractivity contribution is 6.08. The fourth-order valence-electron chi connectivity index (χ4n) is 4.43. The normalized spacial score (nSPS) is 15.7. The molecule has 0 spiro atoms. The van der Waals surface area contributed by atoms with Crippen molar-refractivity contribution in [2.45, 2.75) is 6.42 Å². The fourth-order valence-corrected chi connectivity index (χ4v) is 4.43. The van der Waals surface area contributed by atoms with E-state index in [0.717, 1.165) is 53.9 Å². The van der Waals surface area contributed by atoms with Crippen molar-refractivity contribution in [1.82, 2.24) is 25.1 Å². The van der Waals surface area contributed by atoms with Crippen molar-refractivity contribution in [2.75, 3.05) is 36.4 Å². The minimum absolute atomic E-state index is 0.251. The largest absolute Gasteiger partial charge is 0.367 e. The van der Waals surface area contributed by atoms with E-state index in [9.17, 15) is 4.79 Å². The number of allylic oxidation sites excluding steroid dienone is 1. The van der Waals surface area contributed by atoms with E-state index in [1.54, 1.807) is 23.3 Å². The molecule has 9 heteroatoms. The highest BCUT2D eigenvalue weighted by atomic mass is 16.2. The molecule has 0 aliphatic carbocycles. The van der Waals surface area contributed by atoms with Crippen LogP contribution in [0.1, 0.15) is 6.42 Å². The molecule has 4 aromatic rings. The smallest absolute Gasteiger partial charge is 0.274 e. The number of aliphatic imine (C=N–C) groups is 1. The molecule has 174 valence electrons. The minimum atomic E-state index is -0.251. The van der Waals surface area contributed by atoms with Crippen LogP contribution in [0.5, 0.6) is 0 Å². The summed E-state index contributed by atoms with van der Waals surface area (Å²) < 4.78 is 1.73. The Morgan fingerprint density at radius 1 is 1.03 bits per heavy atom. The lowest BCUT2D eigenvalue weighted by Gasteiger charge is -2.30. The fraction of sp³-hybridized carbons (Fsp3) is 0.192. The molecule has 2 N–H and O–H groups in total. The summed E-state index contributed by atoms with van der Waals surface area (Å²) in [5.74, 6) is 0.455. The predicted octanol–water partition coefficient (Wildman–Crippen LogP) is 3.08. The van der Waals surface area contributed by atoms with Gasteiger partial charge in [0, 0.05) is 62.1 Å². The van der Waals surface area contributed by atoms with E-state index in [0.29, 0.717) is 23.6 Å². The second-order valence-corrected chi connectivity index (χ2v) is 8.49. The molecule has 1 fully saturated rings. The van der Waals surface area contributed by atoms with E-state index in [4.69, 9.17) is 0 Å². The maximum atomic E-state index is 13.0. The van der Waals surface area contributed by atoms with Crippen LogP contribution in [0, 0.1) is 0 Å². The Bertz CT molecular complexity index is 1470. The number of amides is 1. The van der Waals surface area contributed by atoms with Gasteiger partial charge in [0.05, 0.1) is 29.3 Å². The number of anilines is 2. The van der Waals surface area contributed by atoms with E-state index >= 15 is 0 Å². The lowest BCUT2D eigenvalue weighted by atomic mass is 10.1. The number of fused-ring (bicyclic) bond motifs is 1. The molecule has 1 saturated heterocycles. The Hall–Kier alpha value is -4.37. The molecule has 9 nitrogen and oxygen atoms in total. The topological polar surface area (TPSA) is 100 Å². The standard InChI is InChI=1S/C26H24N8O/c35-26(32-23-16-28-9-7-24(23)33-12-10-27-11-13-33)22-5-6-25(31-22)34-17-20(15-30-34)18-3-4-21-19(14-18)2-1-8-29-21/h1-5,7-9,14-17,27H,6,10-13H2,(H,32,35). The molecular weight excluding hydrogens is 440 g/mol. The summed E-state index contributed by atoms with van der Waals surface area (Å²) in [5, 5.41) is 11.9. The van der Waals surface area contributed by atoms with Crippen LogP contribution in [-0.2, 0) is 4.79 Å². The number of hydrogen-bond acceptors (Lipinski definition) is 7. The molecule has 3 aromatic heterocycles. The van der Waals surface area contributed by atoms with Gasteiger partial charge in [0.2, 0.25) is 0 Å². The Morgan fingerprint density at radius 2 is 1.94 bits per heavy atom. The van der Waals surface area contributed by atoms with E-state index in [-0.39, 0.29) is 5.91 Å². The maximum Gasteiger partial charge on any atom is 0.274 e. The van der Waals surface area contributed by atoms with Gasteiger partial charge in [-0.25, -0.2) is 9.67 Å². The van der Waals surface area contributed by atoms with Gasteiger partial charge in [-0.1, -0.05) is 12.1 Å². The molecule has 6 rings (SSSR count). The van der Waals surface area contributed by atoms with Gasteiger partial charge >= 0.3 is 0 Å². The Kier molecular flexibility index (Phi) is 5.51. The molecule has 2 aliphatic heterocycles. The lowest BCUT2D eigenvalue weighted by Crippen LogP contribution is -2.43. The zero-order chi connectivity index (χ0) is 23.6. The summed E-state index contributed by atoms with van der Waals surface area (Å²) in [6.07, 6.45) is 11.3. The summed E-state index contributed by atoms with van der Waals surface area (Å²) >= 11 is 0. The van der Waals surface area contributed by atoms with Gasteiger partial charge in [-0.05, 0) is 35.9 Å². The molecule has 2 aliphatic rings. The van der Waals surface area contributed by atoms with E-state index in [1.165, 1.54) is 0 Å². The van der Waals surface area contributed by atoms with Crippen molar-refractivity contribution in [1.29, 1.82) is 0 Å². The number of aromatic nitrogens is 4. The Morgan fingerprint density at radius 3 is 2.86 bits per heavy atom. The van der Waals surface area contributed by atoms with Crippen LogP contribution >= 0.6 is 0 Å². The van der Waals surface area contributed by atoms with Crippen molar-refractivity contribution in [2.24, 2.45) is 4.99 Å². The molecular formula is C26H24N8O. The number of nitrogens with zero attached hydrogens (tertiary/aromatic N) is 6. The van der Waals surface area contributed by atoms with E-state index in [1.807, 2.05) is 48.8 Å². The van der Waals surface area contributed by atoms with Gasteiger partial charge in [-0.15, -0.1) is 0 Å². The van der Waals surface area contributed by atoms with E-state index in [2.05, 4.69) is 41.7 Å². The molecule has 0 unspecified atom stereocenters. The van der Waals surface area contributed by atoms with Crippen LogP contribution in [-0.4, -0.2) is 57.7 Å². The van der Waals surface area contributed by atoms with Crippen LogP contribution in [0.4, 0.5) is 11.4 Å². The van der Waals surface area contributed by atoms with Crippen molar-refractivity contribution in [3.8, 4) is 11.1 Å². The third-order valence-electron chi connectivity index (χ3n) is 6.25. The monoisotopic (exact) mass is 464 g/mol. The summed E-state index contributed by atoms with van der Waals surface area (Å²) in [4.78, 5) is 28.4. The molecule has 5 heterocycles. The second kappa shape index (κ2) is 9.11. The van der Waals surface area contributed by atoms with Crippen LogP contribution in [0.25, 0.3) is 22.0 Å². The van der Waals surface area contributed by atoms with Crippen LogP contribution in [0.3, 0.4) is 0 Å². The third kappa shape index (κ3) is 4.29. The highest BCUT2D eigenvalue weighted by Crippen LogP contribution is 2.27. The van der Waals surface area contributed by atoms with E-state index < -0.39 is 0 Å². The summed E-state index contributed by atoms with van der Waals surface area (Å²) in [6.45, 7) is 3.59. The minimum Gasteiger partial charge on any atom is -0.367 e. The number of nitrogens with one attached hydrogen (secondary N) is 2. The highest BCUT2D eigenvalue weighted by Gasteiger charge is 2.21. The molecule has 0 bridgehead atoms. The number of rotatable bonds is 4. The van der Waals surface area contributed by atoms with Crippen molar-refractivity contribution >= 4 is 34.0 Å². The Balaban J connectivity index is 1.18. The molecule has 1 amide bonds. The lowest BCUT2D eigenvalue weighted by molar-refractivity contribution is -0.112. The number of carbonyl (C=O) groups is 1. The number of hydrogen-bond donors (Lipinski definition) is 2. The summed E-state index contributed by atoms with van der Waals surface area (Å²) in [5.41, 5.74) is 5.03. The van der Waals surface area contributed by atoms with Crippen molar-refractivity contribution in [3.05, 3.63) is 79.2 Å². The van der Waals surface area contributed by atoms with Gasteiger partial charge in [0.1, 0.15) is 11.5 Å². The molecule has 1 aromatic carbocycles. The predicted molar refractivity (Wildman–Crippen MR) is 136 cm³/mol. The summed E-state index contributed by atoms with van der Waals surface area (Å²) in [6, 6.07) is 12.1. The number of piperazine rings is 1.